The lowest BCUT2D eigenvalue weighted by atomic mass is 9.85. The van der Waals surface area contributed by atoms with Crippen molar-refractivity contribution in [1.29, 1.82) is 0 Å². The summed E-state index contributed by atoms with van der Waals surface area (Å²) in [4.78, 5) is 12.4. The van der Waals surface area contributed by atoms with Gasteiger partial charge in [-0.1, -0.05) is 25.0 Å². The van der Waals surface area contributed by atoms with E-state index < -0.39 is 0 Å². The van der Waals surface area contributed by atoms with Crippen LogP contribution >= 0.6 is 0 Å². The van der Waals surface area contributed by atoms with Gasteiger partial charge >= 0.3 is 0 Å². The van der Waals surface area contributed by atoms with Crippen LogP contribution in [0.25, 0.3) is 0 Å². The number of amides is 1. The number of carbonyl (C=O) groups excluding carboxylic acids is 1. The molecule has 1 aliphatic carbocycles. The molecule has 2 rings (SSSR count). The molecule has 0 saturated heterocycles. The van der Waals surface area contributed by atoms with Crippen LogP contribution in [-0.2, 0) is 11.3 Å². The maximum Gasteiger partial charge on any atom is 0.227 e. The SMILES string of the molecule is CCOc1cccc(CNC(=O)C2(CN)CCCC2)c1. The van der Waals surface area contributed by atoms with E-state index in [1.807, 2.05) is 31.2 Å². The zero-order valence-corrected chi connectivity index (χ0v) is 12.2. The van der Waals surface area contributed by atoms with Gasteiger partial charge in [-0.25, -0.2) is 0 Å². The highest BCUT2D eigenvalue weighted by molar-refractivity contribution is 5.83. The first-order valence-corrected chi connectivity index (χ1v) is 7.40. The molecule has 20 heavy (non-hydrogen) atoms. The van der Waals surface area contributed by atoms with Crippen LogP contribution in [-0.4, -0.2) is 19.1 Å². The van der Waals surface area contributed by atoms with E-state index in [0.717, 1.165) is 37.0 Å². The first-order valence-electron chi connectivity index (χ1n) is 7.40. The lowest BCUT2D eigenvalue weighted by Gasteiger charge is -2.25. The Labute approximate surface area is 120 Å². The minimum Gasteiger partial charge on any atom is -0.494 e. The summed E-state index contributed by atoms with van der Waals surface area (Å²) in [5.41, 5.74) is 6.54. The highest BCUT2D eigenvalue weighted by Crippen LogP contribution is 2.37. The fourth-order valence-electron chi connectivity index (χ4n) is 2.86. The second-order valence-electron chi connectivity index (χ2n) is 5.45. The fraction of sp³-hybridized carbons (Fsp3) is 0.562. The van der Waals surface area contributed by atoms with Crippen molar-refractivity contribution in [2.45, 2.75) is 39.2 Å². The van der Waals surface area contributed by atoms with Gasteiger partial charge in [0.25, 0.3) is 0 Å². The quantitative estimate of drug-likeness (QED) is 0.837. The van der Waals surface area contributed by atoms with Gasteiger partial charge in [-0.05, 0) is 37.5 Å². The average molecular weight is 276 g/mol. The largest absolute Gasteiger partial charge is 0.494 e. The third-order valence-corrected chi connectivity index (χ3v) is 4.10. The van der Waals surface area contributed by atoms with Crippen LogP contribution in [0.2, 0.25) is 0 Å². The molecule has 1 amide bonds. The predicted octanol–water partition coefficient (Wildman–Crippen LogP) is 2.22. The molecule has 0 aromatic heterocycles. The standard InChI is InChI=1S/C16H24N2O2/c1-2-20-14-7-5-6-13(10-14)11-18-15(19)16(12-17)8-3-4-9-16/h5-7,10H,2-4,8-9,11-12,17H2,1H3,(H,18,19). The van der Waals surface area contributed by atoms with Crippen molar-refractivity contribution in [3.8, 4) is 5.75 Å². The normalized spacial score (nSPS) is 16.9. The third kappa shape index (κ3) is 3.31. The van der Waals surface area contributed by atoms with E-state index in [0.29, 0.717) is 19.7 Å². The van der Waals surface area contributed by atoms with Gasteiger partial charge in [0, 0.05) is 13.1 Å². The lowest BCUT2D eigenvalue weighted by Crippen LogP contribution is -2.43. The Balaban J connectivity index is 1.94. The van der Waals surface area contributed by atoms with Crippen molar-refractivity contribution in [1.82, 2.24) is 5.32 Å². The summed E-state index contributed by atoms with van der Waals surface area (Å²) >= 11 is 0. The molecule has 0 atom stereocenters. The van der Waals surface area contributed by atoms with Crippen molar-refractivity contribution < 1.29 is 9.53 Å². The van der Waals surface area contributed by atoms with E-state index in [4.69, 9.17) is 10.5 Å². The molecule has 110 valence electrons. The summed E-state index contributed by atoms with van der Waals surface area (Å²) in [6.07, 6.45) is 4.03. The molecule has 4 heteroatoms. The van der Waals surface area contributed by atoms with Crippen LogP contribution in [0.15, 0.2) is 24.3 Å². The number of hydrogen-bond acceptors (Lipinski definition) is 3. The summed E-state index contributed by atoms with van der Waals surface area (Å²) in [6, 6.07) is 7.83. The number of rotatable bonds is 6. The summed E-state index contributed by atoms with van der Waals surface area (Å²) < 4.78 is 5.46. The predicted molar refractivity (Wildman–Crippen MR) is 79.4 cm³/mol. The second kappa shape index (κ2) is 6.75. The van der Waals surface area contributed by atoms with E-state index in [1.165, 1.54) is 0 Å². The molecule has 1 aliphatic rings. The summed E-state index contributed by atoms with van der Waals surface area (Å²) in [5, 5.41) is 3.03. The van der Waals surface area contributed by atoms with Crippen molar-refractivity contribution in [2.24, 2.45) is 11.1 Å². The molecule has 0 radical (unpaired) electrons. The lowest BCUT2D eigenvalue weighted by molar-refractivity contribution is -0.130. The van der Waals surface area contributed by atoms with Crippen LogP contribution in [0, 0.1) is 5.41 Å². The van der Waals surface area contributed by atoms with Crippen molar-refractivity contribution in [2.75, 3.05) is 13.2 Å². The summed E-state index contributed by atoms with van der Waals surface area (Å²) in [7, 11) is 0. The van der Waals surface area contributed by atoms with Crippen LogP contribution in [0.4, 0.5) is 0 Å². The van der Waals surface area contributed by atoms with Gasteiger partial charge in [0.15, 0.2) is 0 Å². The summed E-state index contributed by atoms with van der Waals surface area (Å²) in [6.45, 7) is 3.57. The topological polar surface area (TPSA) is 64.3 Å². The van der Waals surface area contributed by atoms with E-state index in [9.17, 15) is 4.79 Å². The van der Waals surface area contributed by atoms with E-state index >= 15 is 0 Å². The Morgan fingerprint density at radius 1 is 1.40 bits per heavy atom. The molecule has 1 fully saturated rings. The first kappa shape index (κ1) is 14.9. The van der Waals surface area contributed by atoms with Gasteiger partial charge in [-0.15, -0.1) is 0 Å². The van der Waals surface area contributed by atoms with Gasteiger partial charge in [0.2, 0.25) is 5.91 Å². The van der Waals surface area contributed by atoms with E-state index in [1.54, 1.807) is 0 Å². The maximum atomic E-state index is 12.4. The minimum atomic E-state index is -0.336. The van der Waals surface area contributed by atoms with Gasteiger partial charge in [-0.2, -0.15) is 0 Å². The fourth-order valence-corrected chi connectivity index (χ4v) is 2.86. The Morgan fingerprint density at radius 3 is 2.80 bits per heavy atom. The molecule has 0 spiro atoms. The molecular weight excluding hydrogens is 252 g/mol. The Morgan fingerprint density at radius 2 is 2.15 bits per heavy atom. The highest BCUT2D eigenvalue weighted by atomic mass is 16.5. The number of ether oxygens (including phenoxy) is 1. The van der Waals surface area contributed by atoms with Crippen molar-refractivity contribution >= 4 is 5.91 Å². The minimum absolute atomic E-state index is 0.0966. The molecule has 0 aliphatic heterocycles. The monoisotopic (exact) mass is 276 g/mol. The zero-order chi connectivity index (χ0) is 14.4. The molecule has 1 aromatic carbocycles. The second-order valence-corrected chi connectivity index (χ2v) is 5.45. The number of nitrogens with two attached hydrogens (primary N) is 1. The summed E-state index contributed by atoms with van der Waals surface area (Å²) in [5.74, 6) is 0.938. The molecule has 1 aromatic rings. The Bertz CT molecular complexity index is 454. The van der Waals surface area contributed by atoms with Gasteiger partial charge in [0.05, 0.1) is 12.0 Å². The number of carbonyl (C=O) groups is 1. The molecule has 0 bridgehead atoms. The van der Waals surface area contributed by atoms with Gasteiger partial charge in [-0.3, -0.25) is 4.79 Å². The van der Waals surface area contributed by atoms with Crippen LogP contribution < -0.4 is 15.8 Å². The molecule has 3 N–H and O–H groups in total. The van der Waals surface area contributed by atoms with E-state index in [2.05, 4.69) is 5.32 Å². The Kier molecular flexibility index (Phi) is 5.01. The molecule has 0 heterocycles. The zero-order valence-electron chi connectivity index (χ0n) is 12.2. The first-order chi connectivity index (χ1) is 9.70. The molecule has 1 saturated carbocycles. The van der Waals surface area contributed by atoms with Crippen LogP contribution in [0.1, 0.15) is 38.2 Å². The molecular formula is C16H24N2O2. The van der Waals surface area contributed by atoms with Gasteiger partial charge < -0.3 is 15.8 Å². The van der Waals surface area contributed by atoms with Crippen molar-refractivity contribution in [3.63, 3.8) is 0 Å². The average Bonchev–Trinajstić information content (AvgIpc) is 2.96. The number of hydrogen-bond donors (Lipinski definition) is 2. The maximum absolute atomic E-state index is 12.4. The number of benzene rings is 1. The third-order valence-electron chi connectivity index (χ3n) is 4.10. The number of nitrogens with one attached hydrogen (secondary N) is 1. The Hall–Kier alpha value is -1.55. The van der Waals surface area contributed by atoms with Gasteiger partial charge in [0.1, 0.15) is 5.75 Å². The van der Waals surface area contributed by atoms with Crippen molar-refractivity contribution in [3.05, 3.63) is 29.8 Å². The van der Waals surface area contributed by atoms with Crippen LogP contribution in [0.5, 0.6) is 5.75 Å². The molecule has 0 unspecified atom stereocenters. The van der Waals surface area contributed by atoms with Crippen LogP contribution in [0.3, 0.4) is 0 Å². The van der Waals surface area contributed by atoms with E-state index in [-0.39, 0.29) is 11.3 Å². The highest BCUT2D eigenvalue weighted by Gasteiger charge is 2.39. The smallest absolute Gasteiger partial charge is 0.227 e. The molecule has 4 nitrogen and oxygen atoms in total.